The number of benzene rings is 1. The molecule has 0 spiro atoms. The van der Waals surface area contributed by atoms with E-state index in [4.69, 9.17) is 16.3 Å². The van der Waals surface area contributed by atoms with Crippen LogP contribution in [0.25, 0.3) is 11.3 Å². The lowest BCUT2D eigenvalue weighted by Crippen LogP contribution is -2.43. The highest BCUT2D eigenvalue weighted by Crippen LogP contribution is 2.40. The van der Waals surface area contributed by atoms with Gasteiger partial charge in [0.2, 0.25) is 0 Å². The van der Waals surface area contributed by atoms with E-state index in [1.165, 1.54) is 24.4 Å². The molecule has 4 heterocycles. The van der Waals surface area contributed by atoms with E-state index in [0.29, 0.717) is 52.4 Å². The number of rotatable bonds is 5. The molecule has 1 aromatic carbocycles. The lowest BCUT2D eigenvalue weighted by Gasteiger charge is -2.29. The quantitative estimate of drug-likeness (QED) is 0.485. The van der Waals surface area contributed by atoms with Crippen LogP contribution < -0.4 is 20.7 Å². The van der Waals surface area contributed by atoms with Gasteiger partial charge < -0.3 is 25.6 Å². The molecule has 2 aliphatic rings. The second kappa shape index (κ2) is 10.1. The first-order valence-corrected chi connectivity index (χ1v) is 11.9. The molecule has 35 heavy (non-hydrogen) atoms. The summed E-state index contributed by atoms with van der Waals surface area (Å²) in [6, 6.07) is 7.87. The third-order valence-corrected chi connectivity index (χ3v) is 6.44. The second-order valence-corrected chi connectivity index (χ2v) is 9.17. The number of pyridine rings is 2. The minimum Gasteiger partial charge on any atom is -0.486 e. The first-order valence-electron chi connectivity index (χ1n) is 11.6. The summed E-state index contributed by atoms with van der Waals surface area (Å²) in [5.41, 5.74) is 2.18. The van der Waals surface area contributed by atoms with Crippen LogP contribution in [0.4, 0.5) is 21.6 Å². The first-order chi connectivity index (χ1) is 17.0. The molecule has 3 N–H and O–H groups in total. The summed E-state index contributed by atoms with van der Waals surface area (Å²) >= 11 is 6.12. The van der Waals surface area contributed by atoms with Crippen LogP contribution in [-0.4, -0.2) is 60.1 Å². The van der Waals surface area contributed by atoms with E-state index >= 15 is 0 Å². The molecule has 5 rings (SSSR count). The Bertz CT molecular complexity index is 1250. The number of amides is 1. The Hall–Kier alpha value is -3.43. The molecule has 1 saturated heterocycles. The zero-order valence-corrected chi connectivity index (χ0v) is 20.0. The van der Waals surface area contributed by atoms with Gasteiger partial charge in [-0.25, -0.2) is 9.37 Å². The topological polar surface area (TPSA) is 91.4 Å². The average molecular weight is 497 g/mol. The summed E-state index contributed by atoms with van der Waals surface area (Å²) in [7, 11) is 2.08. The van der Waals surface area contributed by atoms with Crippen molar-refractivity contribution in [3.63, 3.8) is 0 Å². The van der Waals surface area contributed by atoms with Crippen molar-refractivity contribution in [3.05, 3.63) is 59.1 Å². The summed E-state index contributed by atoms with van der Waals surface area (Å²) in [4.78, 5) is 24.1. The van der Waals surface area contributed by atoms with E-state index in [-0.39, 0.29) is 17.5 Å². The fraction of sp³-hybridized carbons (Fsp3) is 0.320. The maximum absolute atomic E-state index is 14.6. The summed E-state index contributed by atoms with van der Waals surface area (Å²) in [6.07, 6.45) is 4.95. The highest BCUT2D eigenvalue weighted by Gasteiger charge is 2.23. The molecule has 3 aromatic rings. The highest BCUT2D eigenvalue weighted by atomic mass is 35.5. The van der Waals surface area contributed by atoms with Crippen LogP contribution in [-0.2, 0) is 0 Å². The molecular formula is C25H26ClFN6O2. The van der Waals surface area contributed by atoms with Crippen LogP contribution in [0.1, 0.15) is 23.2 Å². The van der Waals surface area contributed by atoms with Crippen molar-refractivity contribution in [2.24, 2.45) is 0 Å². The molecule has 10 heteroatoms. The molecule has 0 unspecified atom stereocenters. The molecule has 182 valence electrons. The minimum atomic E-state index is -0.438. The van der Waals surface area contributed by atoms with Crippen LogP contribution in [0, 0.1) is 5.82 Å². The monoisotopic (exact) mass is 496 g/mol. The number of aromatic nitrogens is 2. The van der Waals surface area contributed by atoms with Gasteiger partial charge in [0.15, 0.2) is 11.6 Å². The van der Waals surface area contributed by atoms with Crippen molar-refractivity contribution in [3.8, 4) is 17.0 Å². The number of anilines is 3. The van der Waals surface area contributed by atoms with Gasteiger partial charge in [0.25, 0.3) is 5.91 Å². The number of piperidine rings is 1. The highest BCUT2D eigenvalue weighted by molar-refractivity contribution is 6.30. The number of nitrogens with zero attached hydrogens (tertiary/aromatic N) is 3. The summed E-state index contributed by atoms with van der Waals surface area (Å²) in [5.74, 6) is 0.354. The number of hydrogen-bond donors (Lipinski definition) is 3. The third kappa shape index (κ3) is 5.16. The molecule has 1 fully saturated rings. The average Bonchev–Trinajstić information content (AvgIpc) is 2.87. The molecule has 2 aliphatic heterocycles. The van der Waals surface area contributed by atoms with Gasteiger partial charge >= 0.3 is 0 Å². The molecule has 0 radical (unpaired) electrons. The predicted molar refractivity (Wildman–Crippen MR) is 134 cm³/mol. The number of likely N-dealkylation sites (tertiary alicyclic amines) is 1. The van der Waals surface area contributed by atoms with E-state index in [1.54, 1.807) is 18.3 Å². The summed E-state index contributed by atoms with van der Waals surface area (Å²) in [5, 5.41) is 10.0. The van der Waals surface area contributed by atoms with Gasteiger partial charge in [-0.3, -0.25) is 9.78 Å². The smallest absolute Gasteiger partial charge is 0.255 e. The number of hydrogen-bond acceptors (Lipinski definition) is 7. The van der Waals surface area contributed by atoms with Gasteiger partial charge in [-0.2, -0.15) is 0 Å². The van der Waals surface area contributed by atoms with Crippen LogP contribution >= 0.6 is 11.6 Å². The predicted octanol–water partition coefficient (Wildman–Crippen LogP) is 4.31. The second-order valence-electron chi connectivity index (χ2n) is 8.73. The van der Waals surface area contributed by atoms with Crippen molar-refractivity contribution in [2.75, 3.05) is 43.9 Å². The maximum atomic E-state index is 14.6. The van der Waals surface area contributed by atoms with E-state index in [9.17, 15) is 9.18 Å². The number of halogens is 2. The fourth-order valence-electron chi connectivity index (χ4n) is 4.29. The van der Waals surface area contributed by atoms with Gasteiger partial charge in [0.1, 0.15) is 12.4 Å². The van der Waals surface area contributed by atoms with Gasteiger partial charge in [0, 0.05) is 29.0 Å². The van der Waals surface area contributed by atoms with Crippen molar-refractivity contribution in [1.82, 2.24) is 20.2 Å². The lowest BCUT2D eigenvalue weighted by molar-refractivity contribution is 0.0917. The Kier molecular flexibility index (Phi) is 6.70. The van der Waals surface area contributed by atoms with Crippen molar-refractivity contribution in [2.45, 2.75) is 18.9 Å². The van der Waals surface area contributed by atoms with Crippen LogP contribution in [0.15, 0.2) is 42.7 Å². The standard InChI is InChI=1S/C25H26ClFN6O2/c1-33-9-5-16(6-10-33)30-25(34)18-14-28-7-4-20(18)31-22-13-21(17-12-15(26)2-3-19(17)27)32-24-23(22)35-11-8-29-24/h2-4,7,12-14,16H,5-6,8-11H2,1H3,(H,30,34)(H2,28,29,31,32). The molecule has 0 saturated carbocycles. The Morgan fingerprint density at radius 3 is 2.89 bits per heavy atom. The Morgan fingerprint density at radius 1 is 1.23 bits per heavy atom. The van der Waals surface area contributed by atoms with E-state index in [1.807, 2.05) is 0 Å². The number of fused-ring (bicyclic) bond motifs is 1. The first kappa shape index (κ1) is 23.3. The molecule has 8 nitrogen and oxygen atoms in total. The third-order valence-electron chi connectivity index (χ3n) is 6.21. The lowest BCUT2D eigenvalue weighted by atomic mass is 10.0. The molecule has 2 aromatic heterocycles. The Labute approximate surface area is 207 Å². The van der Waals surface area contributed by atoms with E-state index in [0.717, 1.165) is 25.9 Å². The largest absolute Gasteiger partial charge is 0.486 e. The molecule has 0 atom stereocenters. The number of carbonyl (C=O) groups is 1. The molecular weight excluding hydrogens is 471 g/mol. The van der Waals surface area contributed by atoms with Crippen molar-refractivity contribution in [1.29, 1.82) is 0 Å². The van der Waals surface area contributed by atoms with Gasteiger partial charge in [-0.05, 0) is 63.3 Å². The fourth-order valence-corrected chi connectivity index (χ4v) is 4.46. The Balaban J connectivity index is 1.47. The van der Waals surface area contributed by atoms with E-state index < -0.39 is 5.82 Å². The number of ether oxygens (including phenoxy) is 1. The van der Waals surface area contributed by atoms with Crippen LogP contribution in [0.5, 0.6) is 5.75 Å². The van der Waals surface area contributed by atoms with Gasteiger partial charge in [-0.1, -0.05) is 11.6 Å². The van der Waals surface area contributed by atoms with Crippen LogP contribution in [0.2, 0.25) is 5.02 Å². The SMILES string of the molecule is CN1CCC(NC(=O)c2cnccc2Nc2cc(-c3cc(Cl)ccc3F)nc3c2OCCN3)CC1. The molecule has 1 amide bonds. The number of carbonyl (C=O) groups excluding carboxylic acids is 1. The molecule has 0 bridgehead atoms. The molecule has 0 aliphatic carbocycles. The van der Waals surface area contributed by atoms with Crippen molar-refractivity contribution >= 4 is 34.7 Å². The van der Waals surface area contributed by atoms with Crippen molar-refractivity contribution < 1.29 is 13.9 Å². The Morgan fingerprint density at radius 2 is 2.06 bits per heavy atom. The zero-order chi connectivity index (χ0) is 24.4. The number of nitrogens with one attached hydrogen (secondary N) is 3. The normalized spacial score (nSPS) is 16.1. The summed E-state index contributed by atoms with van der Waals surface area (Å²) < 4.78 is 20.5. The minimum absolute atomic E-state index is 0.116. The van der Waals surface area contributed by atoms with Crippen LogP contribution in [0.3, 0.4) is 0 Å². The zero-order valence-electron chi connectivity index (χ0n) is 19.3. The van der Waals surface area contributed by atoms with E-state index in [2.05, 4.69) is 37.9 Å². The van der Waals surface area contributed by atoms with Gasteiger partial charge in [0.05, 0.1) is 29.2 Å². The van der Waals surface area contributed by atoms with Gasteiger partial charge in [-0.15, -0.1) is 0 Å². The maximum Gasteiger partial charge on any atom is 0.255 e. The summed E-state index contributed by atoms with van der Waals surface area (Å²) in [6.45, 7) is 2.91.